The molecule has 4 aliphatic rings. The van der Waals surface area contributed by atoms with Gasteiger partial charge >= 0.3 is 23.9 Å². The van der Waals surface area contributed by atoms with Gasteiger partial charge in [-0.1, -0.05) is 19.3 Å². The average molecular weight is 414 g/mol. The molecule has 7 nitrogen and oxygen atoms in total. The molecule has 2 amide bonds. The van der Waals surface area contributed by atoms with Gasteiger partial charge in [0.2, 0.25) is 0 Å². The normalized spacial score (nSPS) is 31.4. The van der Waals surface area contributed by atoms with E-state index in [1.54, 1.807) is 0 Å². The largest absolute Gasteiger partial charge is 0.348 e. The van der Waals surface area contributed by atoms with E-state index in [2.05, 4.69) is 15.0 Å². The Bertz CT molecular complexity index is 709. The van der Waals surface area contributed by atoms with Gasteiger partial charge in [-0.3, -0.25) is 14.9 Å². The monoisotopic (exact) mass is 413 g/mol. The molecule has 0 aromatic carbocycles. The Morgan fingerprint density at radius 3 is 1.77 bits per heavy atom. The quantitative estimate of drug-likeness (QED) is 0.566. The van der Waals surface area contributed by atoms with E-state index in [1.165, 1.54) is 25.7 Å². The molecule has 2 saturated carbocycles. The molecule has 2 spiro atoms. The van der Waals surface area contributed by atoms with Crippen LogP contribution in [-0.4, -0.2) is 42.9 Å². The highest BCUT2D eigenvalue weighted by molar-refractivity contribution is 6.05. The molecule has 2 aliphatic heterocycles. The molecule has 4 rings (SSSR count). The topological polar surface area (TPSA) is 73.4 Å². The van der Waals surface area contributed by atoms with Crippen LogP contribution in [-0.2, 0) is 19.1 Å². The lowest BCUT2D eigenvalue weighted by molar-refractivity contribution is -0.182. The van der Waals surface area contributed by atoms with E-state index in [9.17, 15) is 9.59 Å². The summed E-state index contributed by atoms with van der Waals surface area (Å²) in [6.45, 7) is 16.4. The van der Waals surface area contributed by atoms with E-state index in [-0.39, 0.29) is 5.79 Å². The van der Waals surface area contributed by atoms with Gasteiger partial charge in [-0.05, 0) is 50.4 Å². The van der Waals surface area contributed by atoms with E-state index in [0.29, 0.717) is 18.8 Å². The lowest BCUT2D eigenvalue weighted by Crippen LogP contribution is -2.62. The van der Waals surface area contributed by atoms with Crippen molar-refractivity contribution in [2.24, 2.45) is 17.3 Å². The first-order valence-corrected chi connectivity index (χ1v) is 11.4. The third-order valence-corrected chi connectivity index (χ3v) is 8.03. The van der Waals surface area contributed by atoms with Crippen molar-refractivity contribution in [1.29, 1.82) is 0 Å². The molecule has 2 heterocycles. The van der Waals surface area contributed by atoms with Gasteiger partial charge in [0.05, 0.1) is 13.2 Å². The summed E-state index contributed by atoms with van der Waals surface area (Å²) in [6.07, 6.45) is 11.0. The van der Waals surface area contributed by atoms with Gasteiger partial charge in [0.1, 0.15) is 5.41 Å². The lowest BCUT2D eigenvalue weighted by Gasteiger charge is -2.41. The van der Waals surface area contributed by atoms with Crippen molar-refractivity contribution >= 4 is 11.8 Å². The Morgan fingerprint density at radius 1 is 0.833 bits per heavy atom. The molecule has 0 aromatic heterocycles. The van der Waals surface area contributed by atoms with E-state index >= 15 is 0 Å². The van der Waals surface area contributed by atoms with E-state index in [0.717, 1.165) is 51.2 Å². The number of hydrogen-bond acceptors (Lipinski definition) is 4. The molecule has 2 saturated heterocycles. The minimum Gasteiger partial charge on any atom is -0.348 e. The van der Waals surface area contributed by atoms with Crippen LogP contribution >= 0.6 is 0 Å². The van der Waals surface area contributed by atoms with E-state index < -0.39 is 29.3 Å². The van der Waals surface area contributed by atoms with Crippen LogP contribution in [0.5, 0.6) is 0 Å². The summed E-state index contributed by atoms with van der Waals surface area (Å²) in [7, 11) is 0. The Labute approximate surface area is 178 Å². The number of nitrogens with one attached hydrogen (secondary N) is 1. The maximum Gasteiger partial charge on any atom is 0.314 e. The molecule has 0 aromatic rings. The fourth-order valence-electron chi connectivity index (χ4n) is 6.24. The molecule has 2 unspecified atom stereocenters. The zero-order chi connectivity index (χ0) is 21.2. The fourth-order valence-corrected chi connectivity index (χ4v) is 6.24. The standard InChI is InChI=1S/C23H31N3O4/c1-24-18-20(27)26-21(28)19(25-2)22(18)10-6-16(7-11-22)4-3-5-17-8-12-23(13-9-17)29-14-15-30-23/h16-19H,3-15H2,(H,26,27,28). The number of piperidine rings is 1. The zero-order valence-corrected chi connectivity index (χ0v) is 17.5. The second-order valence-electron chi connectivity index (χ2n) is 9.58. The first-order valence-electron chi connectivity index (χ1n) is 11.4. The van der Waals surface area contributed by atoms with Crippen LogP contribution < -0.4 is 5.32 Å². The van der Waals surface area contributed by atoms with E-state index in [1.807, 2.05) is 0 Å². The van der Waals surface area contributed by atoms with Crippen molar-refractivity contribution in [3.05, 3.63) is 22.8 Å². The van der Waals surface area contributed by atoms with Crippen molar-refractivity contribution in [3.8, 4) is 0 Å². The molecule has 4 fully saturated rings. The number of hydrogen-bond donors (Lipinski definition) is 1. The van der Waals surface area contributed by atoms with Crippen LogP contribution in [0.15, 0.2) is 0 Å². The summed E-state index contributed by atoms with van der Waals surface area (Å²) >= 11 is 0. The Kier molecular flexibility index (Phi) is 6.14. The minimum absolute atomic E-state index is 0.281. The molecule has 30 heavy (non-hydrogen) atoms. The van der Waals surface area contributed by atoms with Crippen LogP contribution in [0.3, 0.4) is 0 Å². The summed E-state index contributed by atoms with van der Waals surface area (Å²) < 4.78 is 11.6. The number of imide groups is 1. The minimum atomic E-state index is -0.912. The number of carbonyl (C=O) groups excluding carboxylic acids is 2. The Morgan fingerprint density at radius 2 is 1.30 bits per heavy atom. The van der Waals surface area contributed by atoms with E-state index in [4.69, 9.17) is 22.6 Å². The molecular weight excluding hydrogens is 382 g/mol. The van der Waals surface area contributed by atoms with Gasteiger partial charge in [0.25, 0.3) is 0 Å². The predicted molar refractivity (Wildman–Crippen MR) is 109 cm³/mol. The highest BCUT2D eigenvalue weighted by Crippen LogP contribution is 2.49. The summed E-state index contributed by atoms with van der Waals surface area (Å²) in [5.74, 6) is -0.00484. The Balaban J connectivity index is 1.25. The van der Waals surface area contributed by atoms with Crippen LogP contribution in [0.25, 0.3) is 9.69 Å². The molecule has 1 N–H and O–H groups in total. The number of carbonyl (C=O) groups is 2. The Hall–Kier alpha value is -1.96. The van der Waals surface area contributed by atoms with Gasteiger partial charge in [-0.15, -0.1) is 0 Å². The van der Waals surface area contributed by atoms with Crippen LogP contribution in [0, 0.1) is 30.4 Å². The number of rotatable bonds is 4. The molecule has 2 aliphatic carbocycles. The van der Waals surface area contributed by atoms with Gasteiger partial charge in [-0.2, -0.15) is 0 Å². The summed E-state index contributed by atoms with van der Waals surface area (Å²) in [4.78, 5) is 31.5. The summed E-state index contributed by atoms with van der Waals surface area (Å²) in [6, 6.07) is -1.82. The molecule has 7 heteroatoms. The highest BCUT2D eigenvalue weighted by Gasteiger charge is 2.65. The van der Waals surface area contributed by atoms with Crippen molar-refractivity contribution in [1.82, 2.24) is 5.32 Å². The number of amides is 2. The lowest BCUT2D eigenvalue weighted by atomic mass is 9.60. The van der Waals surface area contributed by atoms with Crippen molar-refractivity contribution < 1.29 is 19.1 Å². The van der Waals surface area contributed by atoms with Crippen LogP contribution in [0.1, 0.15) is 70.6 Å². The van der Waals surface area contributed by atoms with Crippen molar-refractivity contribution in [2.45, 2.75) is 88.5 Å². The molecular formula is C23H31N3O4. The molecule has 162 valence electrons. The van der Waals surface area contributed by atoms with Gasteiger partial charge in [0.15, 0.2) is 5.79 Å². The second-order valence-corrected chi connectivity index (χ2v) is 9.58. The maximum atomic E-state index is 12.2. The smallest absolute Gasteiger partial charge is 0.314 e. The third kappa shape index (κ3) is 3.86. The summed E-state index contributed by atoms with van der Waals surface area (Å²) in [5.41, 5.74) is -0.793. The van der Waals surface area contributed by atoms with Gasteiger partial charge in [0, 0.05) is 12.8 Å². The van der Waals surface area contributed by atoms with Crippen molar-refractivity contribution in [3.63, 3.8) is 0 Å². The number of nitrogens with zero attached hydrogens (tertiary/aromatic N) is 2. The SMILES string of the molecule is [C-]#[N+]C1C(=O)NC(=O)C([N+]#[C-])C12CCC(CCCC1CCC3(CC1)OCCO3)CC2. The number of ether oxygens (including phenoxy) is 2. The first-order chi connectivity index (χ1) is 14.5. The highest BCUT2D eigenvalue weighted by atomic mass is 16.7. The van der Waals surface area contributed by atoms with Crippen LogP contribution in [0.2, 0.25) is 0 Å². The second kappa shape index (κ2) is 8.65. The molecule has 2 atom stereocenters. The van der Waals surface area contributed by atoms with Crippen molar-refractivity contribution in [2.75, 3.05) is 13.2 Å². The zero-order valence-electron chi connectivity index (χ0n) is 17.5. The summed E-state index contributed by atoms with van der Waals surface area (Å²) in [5, 5.41) is 2.23. The van der Waals surface area contributed by atoms with Crippen LogP contribution in [0.4, 0.5) is 0 Å². The molecule has 0 bridgehead atoms. The van der Waals surface area contributed by atoms with Gasteiger partial charge < -0.3 is 19.2 Å². The maximum absolute atomic E-state index is 12.2. The fraction of sp³-hybridized carbons (Fsp3) is 0.826. The predicted octanol–water partition coefficient (Wildman–Crippen LogP) is 3.50. The van der Waals surface area contributed by atoms with Gasteiger partial charge in [-0.25, -0.2) is 13.1 Å². The average Bonchev–Trinajstić information content (AvgIpc) is 3.19. The third-order valence-electron chi connectivity index (χ3n) is 8.03. The molecule has 0 radical (unpaired) electrons. The first kappa shape index (κ1) is 21.3.